The molecule has 0 bridgehead atoms. The number of hydrogen-bond donors (Lipinski definition) is 1. The molecule has 0 aliphatic rings. The molecule has 0 saturated carbocycles. The van der Waals surface area contributed by atoms with E-state index in [2.05, 4.69) is 43.0 Å². The largest absolute Gasteiger partial charge is 0.396 e. The van der Waals surface area contributed by atoms with Crippen LogP contribution in [-0.4, -0.2) is 32.1 Å². The van der Waals surface area contributed by atoms with Crippen molar-refractivity contribution in [2.75, 3.05) is 6.61 Å². The van der Waals surface area contributed by atoms with Crippen LogP contribution in [0, 0.1) is 0 Å². The fraction of sp³-hybridized carbons (Fsp3) is 0.296. The number of ketones is 1. The van der Waals surface area contributed by atoms with Crippen LogP contribution < -0.4 is 0 Å². The van der Waals surface area contributed by atoms with Gasteiger partial charge in [-0.1, -0.05) is 63.2 Å². The SMILES string of the molecule is CC(C)(C)c1ccc(C(=O)Cc2cc(-c3cccc(CCCO)c3)n3nccc3n2)cc1. The van der Waals surface area contributed by atoms with Crippen LogP contribution in [0.15, 0.2) is 66.9 Å². The molecule has 32 heavy (non-hydrogen) atoms. The van der Waals surface area contributed by atoms with Gasteiger partial charge in [-0.15, -0.1) is 0 Å². The van der Waals surface area contributed by atoms with E-state index in [-0.39, 0.29) is 24.2 Å². The quantitative estimate of drug-likeness (QED) is 0.419. The number of rotatable bonds is 7. The van der Waals surface area contributed by atoms with Gasteiger partial charge in [-0.05, 0) is 41.5 Å². The van der Waals surface area contributed by atoms with E-state index < -0.39 is 0 Å². The number of aliphatic hydroxyl groups excluding tert-OH is 1. The van der Waals surface area contributed by atoms with Gasteiger partial charge in [0.1, 0.15) is 0 Å². The third-order valence-electron chi connectivity index (χ3n) is 5.67. The second kappa shape index (κ2) is 9.05. The van der Waals surface area contributed by atoms with E-state index in [1.54, 1.807) is 10.7 Å². The number of Topliss-reactive ketones (excluding diaryl/α,β-unsaturated/α-hetero) is 1. The van der Waals surface area contributed by atoms with Gasteiger partial charge in [0, 0.05) is 23.8 Å². The van der Waals surface area contributed by atoms with Crippen LogP contribution in [0.25, 0.3) is 16.9 Å². The van der Waals surface area contributed by atoms with Gasteiger partial charge in [-0.3, -0.25) is 4.79 Å². The van der Waals surface area contributed by atoms with E-state index in [1.165, 1.54) is 5.56 Å². The molecule has 5 nitrogen and oxygen atoms in total. The molecule has 2 aromatic carbocycles. The summed E-state index contributed by atoms with van der Waals surface area (Å²) in [5, 5.41) is 13.6. The van der Waals surface area contributed by atoms with E-state index in [4.69, 9.17) is 5.11 Å². The molecule has 1 N–H and O–H groups in total. The van der Waals surface area contributed by atoms with Crippen LogP contribution in [-0.2, 0) is 18.3 Å². The maximum absolute atomic E-state index is 13.0. The minimum atomic E-state index is 0.0458. The van der Waals surface area contributed by atoms with E-state index in [9.17, 15) is 4.79 Å². The average Bonchev–Trinajstić information content (AvgIpc) is 3.25. The molecule has 0 aliphatic carbocycles. The molecule has 0 spiro atoms. The molecule has 4 rings (SSSR count). The third-order valence-corrected chi connectivity index (χ3v) is 5.67. The molecular formula is C27H29N3O2. The average molecular weight is 428 g/mol. The number of fused-ring (bicyclic) bond motifs is 1. The predicted octanol–water partition coefficient (Wildman–Crippen LogP) is 5.04. The van der Waals surface area contributed by atoms with E-state index in [0.717, 1.165) is 35.4 Å². The maximum atomic E-state index is 13.0. The summed E-state index contributed by atoms with van der Waals surface area (Å²) in [5.74, 6) is 0.0458. The summed E-state index contributed by atoms with van der Waals surface area (Å²) in [6.07, 6.45) is 3.49. The first-order chi connectivity index (χ1) is 15.3. The van der Waals surface area contributed by atoms with Gasteiger partial charge in [-0.25, -0.2) is 9.50 Å². The number of carbonyl (C=O) groups excluding carboxylic acids is 1. The minimum Gasteiger partial charge on any atom is -0.396 e. The van der Waals surface area contributed by atoms with Crippen molar-refractivity contribution in [3.05, 3.63) is 89.2 Å². The lowest BCUT2D eigenvalue weighted by Gasteiger charge is -2.19. The number of aryl methyl sites for hydroxylation is 1. The lowest BCUT2D eigenvalue weighted by molar-refractivity contribution is 0.0992. The summed E-state index contributed by atoms with van der Waals surface area (Å²) >= 11 is 0. The summed E-state index contributed by atoms with van der Waals surface area (Å²) < 4.78 is 1.80. The van der Waals surface area contributed by atoms with Gasteiger partial charge in [0.15, 0.2) is 11.4 Å². The summed E-state index contributed by atoms with van der Waals surface area (Å²) in [6.45, 7) is 6.66. The Morgan fingerprint density at radius 3 is 2.53 bits per heavy atom. The van der Waals surface area contributed by atoms with Crippen LogP contribution in [0.3, 0.4) is 0 Å². The first-order valence-electron chi connectivity index (χ1n) is 11.0. The highest BCUT2D eigenvalue weighted by molar-refractivity contribution is 5.97. The fourth-order valence-electron chi connectivity index (χ4n) is 3.85. The Labute approximate surface area is 188 Å². The predicted molar refractivity (Wildman–Crippen MR) is 127 cm³/mol. The molecule has 0 fully saturated rings. The van der Waals surface area contributed by atoms with E-state index in [1.807, 2.05) is 48.5 Å². The molecule has 0 unspecified atom stereocenters. The molecular weight excluding hydrogens is 398 g/mol. The smallest absolute Gasteiger partial charge is 0.168 e. The zero-order chi connectivity index (χ0) is 22.7. The van der Waals surface area contributed by atoms with Crippen molar-refractivity contribution in [2.45, 2.75) is 45.4 Å². The van der Waals surface area contributed by atoms with Gasteiger partial charge >= 0.3 is 0 Å². The van der Waals surface area contributed by atoms with Crippen molar-refractivity contribution in [1.82, 2.24) is 14.6 Å². The first kappa shape index (κ1) is 21.9. The summed E-state index contributed by atoms with van der Waals surface area (Å²) in [6, 6.07) is 19.9. The van der Waals surface area contributed by atoms with Crippen molar-refractivity contribution in [1.29, 1.82) is 0 Å². The van der Waals surface area contributed by atoms with Gasteiger partial charge in [0.25, 0.3) is 0 Å². The monoisotopic (exact) mass is 427 g/mol. The van der Waals surface area contributed by atoms with Crippen molar-refractivity contribution >= 4 is 11.4 Å². The summed E-state index contributed by atoms with van der Waals surface area (Å²) in [7, 11) is 0. The van der Waals surface area contributed by atoms with Gasteiger partial charge in [-0.2, -0.15) is 5.10 Å². The van der Waals surface area contributed by atoms with E-state index >= 15 is 0 Å². The highest BCUT2D eigenvalue weighted by atomic mass is 16.2. The molecule has 2 aromatic heterocycles. The van der Waals surface area contributed by atoms with E-state index in [0.29, 0.717) is 11.2 Å². The Morgan fingerprint density at radius 2 is 1.81 bits per heavy atom. The highest BCUT2D eigenvalue weighted by Crippen LogP contribution is 2.25. The Morgan fingerprint density at radius 1 is 1.03 bits per heavy atom. The second-order valence-corrected chi connectivity index (χ2v) is 9.19. The van der Waals surface area contributed by atoms with Crippen LogP contribution >= 0.6 is 0 Å². The van der Waals surface area contributed by atoms with Crippen LogP contribution in [0.4, 0.5) is 0 Å². The number of carbonyl (C=O) groups is 1. The zero-order valence-electron chi connectivity index (χ0n) is 18.9. The molecule has 2 heterocycles. The zero-order valence-corrected chi connectivity index (χ0v) is 18.9. The Bertz CT molecular complexity index is 1230. The molecule has 0 saturated heterocycles. The van der Waals surface area contributed by atoms with Crippen LogP contribution in [0.5, 0.6) is 0 Å². The molecule has 0 aliphatic heterocycles. The molecule has 0 amide bonds. The number of hydrogen-bond acceptors (Lipinski definition) is 4. The number of aliphatic hydroxyl groups is 1. The first-order valence-corrected chi connectivity index (χ1v) is 11.0. The standard InChI is InChI=1S/C27H29N3O2/c1-27(2,3)22-11-9-20(10-12-22)25(32)18-23-17-24(30-26(29-23)13-14-28-30)21-8-4-6-19(16-21)7-5-15-31/h4,6,8-14,16-17,31H,5,7,15,18H2,1-3H3. The van der Waals surface area contributed by atoms with Crippen LogP contribution in [0.1, 0.15) is 54.4 Å². The van der Waals surface area contributed by atoms with Crippen LogP contribution in [0.2, 0.25) is 0 Å². The van der Waals surface area contributed by atoms with Crippen molar-refractivity contribution in [3.8, 4) is 11.3 Å². The molecule has 5 heteroatoms. The third kappa shape index (κ3) is 4.78. The maximum Gasteiger partial charge on any atom is 0.168 e. The summed E-state index contributed by atoms with van der Waals surface area (Å²) in [4.78, 5) is 17.6. The Balaban J connectivity index is 1.64. The molecule has 0 radical (unpaired) electrons. The summed E-state index contributed by atoms with van der Waals surface area (Å²) in [5.41, 5.74) is 6.46. The van der Waals surface area contributed by atoms with Crippen molar-refractivity contribution in [2.24, 2.45) is 0 Å². The molecule has 164 valence electrons. The molecule has 0 atom stereocenters. The lowest BCUT2D eigenvalue weighted by Crippen LogP contribution is -2.12. The number of aromatic nitrogens is 3. The highest BCUT2D eigenvalue weighted by Gasteiger charge is 2.16. The second-order valence-electron chi connectivity index (χ2n) is 9.19. The number of nitrogens with zero attached hydrogens (tertiary/aromatic N) is 3. The lowest BCUT2D eigenvalue weighted by atomic mass is 9.86. The Hall–Kier alpha value is -3.31. The van der Waals surface area contributed by atoms with Gasteiger partial charge in [0.2, 0.25) is 0 Å². The normalized spacial score (nSPS) is 11.8. The Kier molecular flexibility index (Phi) is 6.19. The van der Waals surface area contributed by atoms with Gasteiger partial charge < -0.3 is 5.11 Å². The van der Waals surface area contributed by atoms with Crippen molar-refractivity contribution in [3.63, 3.8) is 0 Å². The molecule has 4 aromatic rings. The fourth-order valence-corrected chi connectivity index (χ4v) is 3.85. The van der Waals surface area contributed by atoms with Gasteiger partial charge in [0.05, 0.1) is 24.0 Å². The topological polar surface area (TPSA) is 67.5 Å². The number of benzene rings is 2. The minimum absolute atomic E-state index is 0.0458. The van der Waals surface area contributed by atoms with Crippen molar-refractivity contribution < 1.29 is 9.90 Å².